The average molecular weight is 413 g/mol. The van der Waals surface area contributed by atoms with E-state index >= 15 is 0 Å². The SMILES string of the molecule is C=CCn1c(SCC(=O)NC(C)c2ccccc2)nnc1-c1csc(C)c1C. The molecule has 0 spiro atoms. The number of aromatic nitrogens is 3. The second kappa shape index (κ2) is 9.21. The minimum Gasteiger partial charge on any atom is -0.349 e. The molecule has 5 nitrogen and oxygen atoms in total. The van der Waals surface area contributed by atoms with E-state index in [1.807, 2.05) is 47.9 Å². The molecule has 0 saturated heterocycles. The smallest absolute Gasteiger partial charge is 0.230 e. The van der Waals surface area contributed by atoms with Crippen LogP contribution in [0.3, 0.4) is 0 Å². The van der Waals surface area contributed by atoms with E-state index in [1.165, 1.54) is 22.2 Å². The molecule has 0 saturated carbocycles. The van der Waals surface area contributed by atoms with Crippen LogP contribution < -0.4 is 5.32 Å². The molecule has 0 bridgehead atoms. The summed E-state index contributed by atoms with van der Waals surface area (Å²) in [5.41, 5.74) is 3.39. The van der Waals surface area contributed by atoms with E-state index < -0.39 is 0 Å². The molecule has 1 atom stereocenters. The maximum absolute atomic E-state index is 12.4. The Bertz CT molecular complexity index is 962. The van der Waals surface area contributed by atoms with Gasteiger partial charge in [-0.05, 0) is 31.9 Å². The Morgan fingerprint density at radius 2 is 2.07 bits per heavy atom. The Hall–Kier alpha value is -2.38. The van der Waals surface area contributed by atoms with E-state index in [4.69, 9.17) is 0 Å². The van der Waals surface area contributed by atoms with Crippen LogP contribution in [0.1, 0.15) is 29.0 Å². The fraction of sp³-hybridized carbons (Fsp3) is 0.286. The molecule has 0 aliphatic carbocycles. The number of thioether (sulfide) groups is 1. The van der Waals surface area contributed by atoms with Crippen molar-refractivity contribution in [2.75, 3.05) is 5.75 Å². The number of amides is 1. The first-order valence-electron chi connectivity index (χ1n) is 9.07. The third-order valence-electron chi connectivity index (χ3n) is 4.56. The molecule has 0 radical (unpaired) electrons. The molecule has 3 aromatic rings. The van der Waals surface area contributed by atoms with Crippen LogP contribution in [-0.4, -0.2) is 26.4 Å². The average Bonchev–Trinajstić information content (AvgIpc) is 3.24. The van der Waals surface area contributed by atoms with E-state index in [2.05, 4.69) is 41.3 Å². The molecule has 2 aromatic heterocycles. The summed E-state index contributed by atoms with van der Waals surface area (Å²) in [7, 11) is 0. The highest BCUT2D eigenvalue weighted by Crippen LogP contribution is 2.31. The maximum atomic E-state index is 12.4. The van der Waals surface area contributed by atoms with Gasteiger partial charge in [-0.1, -0.05) is 48.2 Å². The number of aryl methyl sites for hydroxylation is 1. The van der Waals surface area contributed by atoms with Crippen molar-refractivity contribution in [2.24, 2.45) is 0 Å². The fourth-order valence-electron chi connectivity index (χ4n) is 2.86. The summed E-state index contributed by atoms with van der Waals surface area (Å²) in [6, 6.07) is 9.90. The van der Waals surface area contributed by atoms with Crippen molar-refractivity contribution < 1.29 is 4.79 Å². The minimum atomic E-state index is -0.0349. The lowest BCUT2D eigenvalue weighted by molar-refractivity contribution is -0.119. The van der Waals surface area contributed by atoms with Gasteiger partial charge in [0.1, 0.15) is 0 Å². The highest BCUT2D eigenvalue weighted by Gasteiger charge is 2.18. The highest BCUT2D eigenvalue weighted by molar-refractivity contribution is 7.99. The summed E-state index contributed by atoms with van der Waals surface area (Å²) in [6.45, 7) is 10.6. The number of rotatable bonds is 8. The Balaban J connectivity index is 1.69. The molecular formula is C21H24N4OS2. The van der Waals surface area contributed by atoms with Crippen molar-refractivity contribution in [1.82, 2.24) is 20.1 Å². The lowest BCUT2D eigenvalue weighted by atomic mass is 10.1. The van der Waals surface area contributed by atoms with Crippen LogP contribution in [0.5, 0.6) is 0 Å². The molecule has 1 N–H and O–H groups in total. The molecular weight excluding hydrogens is 388 g/mol. The van der Waals surface area contributed by atoms with E-state index in [0.717, 1.165) is 22.1 Å². The molecule has 0 aliphatic heterocycles. The summed E-state index contributed by atoms with van der Waals surface area (Å²) in [5.74, 6) is 1.08. The van der Waals surface area contributed by atoms with E-state index in [1.54, 1.807) is 11.3 Å². The Morgan fingerprint density at radius 3 is 2.71 bits per heavy atom. The second-order valence-corrected chi connectivity index (χ2v) is 8.55. The zero-order valence-electron chi connectivity index (χ0n) is 16.3. The van der Waals surface area contributed by atoms with Crippen molar-refractivity contribution in [1.29, 1.82) is 0 Å². The lowest BCUT2D eigenvalue weighted by Crippen LogP contribution is -2.28. The van der Waals surface area contributed by atoms with Crippen LogP contribution in [0, 0.1) is 13.8 Å². The summed E-state index contributed by atoms with van der Waals surface area (Å²) in [5, 5.41) is 14.6. The van der Waals surface area contributed by atoms with Crippen molar-refractivity contribution in [3.05, 3.63) is 64.4 Å². The van der Waals surface area contributed by atoms with Gasteiger partial charge in [0.05, 0.1) is 11.8 Å². The molecule has 1 aromatic carbocycles. The number of hydrogen-bond acceptors (Lipinski definition) is 5. The second-order valence-electron chi connectivity index (χ2n) is 6.52. The Morgan fingerprint density at radius 1 is 1.32 bits per heavy atom. The molecule has 1 amide bonds. The van der Waals surface area contributed by atoms with Crippen LogP contribution in [0.2, 0.25) is 0 Å². The maximum Gasteiger partial charge on any atom is 0.230 e. The normalized spacial score (nSPS) is 12.0. The van der Waals surface area contributed by atoms with Crippen LogP contribution in [-0.2, 0) is 11.3 Å². The number of hydrogen-bond donors (Lipinski definition) is 1. The quantitative estimate of drug-likeness (QED) is 0.427. The van der Waals surface area contributed by atoms with Crippen LogP contribution in [0.4, 0.5) is 0 Å². The summed E-state index contributed by atoms with van der Waals surface area (Å²) < 4.78 is 2.01. The lowest BCUT2D eigenvalue weighted by Gasteiger charge is -2.14. The van der Waals surface area contributed by atoms with Gasteiger partial charge in [-0.3, -0.25) is 9.36 Å². The van der Waals surface area contributed by atoms with Crippen LogP contribution in [0.15, 0.2) is 53.5 Å². The van der Waals surface area contributed by atoms with Gasteiger partial charge in [0.25, 0.3) is 0 Å². The molecule has 146 valence electrons. The minimum absolute atomic E-state index is 0.0291. The Labute approximate surface area is 173 Å². The molecule has 7 heteroatoms. The van der Waals surface area contributed by atoms with Gasteiger partial charge in [0, 0.05) is 22.4 Å². The molecule has 28 heavy (non-hydrogen) atoms. The van der Waals surface area contributed by atoms with Gasteiger partial charge in [0.15, 0.2) is 11.0 Å². The number of benzene rings is 1. The third-order valence-corrected chi connectivity index (χ3v) is 6.54. The number of allylic oxidation sites excluding steroid dienone is 1. The zero-order chi connectivity index (χ0) is 20.1. The van der Waals surface area contributed by atoms with Gasteiger partial charge in [-0.25, -0.2) is 0 Å². The van der Waals surface area contributed by atoms with Crippen molar-refractivity contribution in [2.45, 2.75) is 38.5 Å². The monoisotopic (exact) mass is 412 g/mol. The first-order valence-corrected chi connectivity index (χ1v) is 10.9. The predicted molar refractivity (Wildman–Crippen MR) is 117 cm³/mol. The highest BCUT2D eigenvalue weighted by atomic mass is 32.2. The predicted octanol–water partition coefficient (Wildman–Crippen LogP) is 4.78. The summed E-state index contributed by atoms with van der Waals surface area (Å²) in [4.78, 5) is 13.7. The number of carbonyl (C=O) groups is 1. The molecule has 0 fully saturated rings. The van der Waals surface area contributed by atoms with Crippen LogP contribution in [0.25, 0.3) is 11.4 Å². The number of thiophene rings is 1. The molecule has 2 heterocycles. The zero-order valence-corrected chi connectivity index (χ0v) is 17.9. The standard InChI is InChI=1S/C21H24N4OS2/c1-5-11-25-20(18-12-27-16(4)14(18)2)23-24-21(25)28-13-19(26)22-15(3)17-9-7-6-8-10-17/h5-10,12,15H,1,11,13H2,2-4H3,(H,22,26). The molecule has 1 unspecified atom stereocenters. The van der Waals surface area contributed by atoms with Gasteiger partial charge in [-0.2, -0.15) is 0 Å². The number of nitrogens with one attached hydrogen (secondary N) is 1. The number of nitrogens with zero attached hydrogens (tertiary/aromatic N) is 3. The van der Waals surface area contributed by atoms with Gasteiger partial charge in [-0.15, -0.1) is 28.1 Å². The van der Waals surface area contributed by atoms with Crippen molar-refractivity contribution in [3.8, 4) is 11.4 Å². The Kier molecular flexibility index (Phi) is 6.70. The van der Waals surface area contributed by atoms with Gasteiger partial charge in [0.2, 0.25) is 5.91 Å². The van der Waals surface area contributed by atoms with Crippen molar-refractivity contribution in [3.63, 3.8) is 0 Å². The third kappa shape index (κ3) is 4.54. The first-order chi connectivity index (χ1) is 13.5. The van der Waals surface area contributed by atoms with E-state index in [-0.39, 0.29) is 17.7 Å². The van der Waals surface area contributed by atoms with Crippen molar-refractivity contribution >= 4 is 29.0 Å². The van der Waals surface area contributed by atoms with Crippen LogP contribution >= 0.6 is 23.1 Å². The summed E-state index contributed by atoms with van der Waals surface area (Å²) >= 11 is 3.10. The van der Waals surface area contributed by atoms with Gasteiger partial charge >= 0.3 is 0 Å². The van der Waals surface area contributed by atoms with Gasteiger partial charge < -0.3 is 5.32 Å². The largest absolute Gasteiger partial charge is 0.349 e. The van der Waals surface area contributed by atoms with E-state index in [0.29, 0.717) is 6.54 Å². The number of carbonyl (C=O) groups excluding carboxylic acids is 1. The topological polar surface area (TPSA) is 59.8 Å². The fourth-order valence-corrected chi connectivity index (χ4v) is 4.48. The van der Waals surface area contributed by atoms with E-state index in [9.17, 15) is 4.79 Å². The molecule has 0 aliphatic rings. The molecule has 3 rings (SSSR count). The first kappa shape index (κ1) is 20.4. The summed E-state index contributed by atoms with van der Waals surface area (Å²) in [6.07, 6.45) is 1.82.